The van der Waals surface area contributed by atoms with E-state index in [0.29, 0.717) is 12.0 Å². The number of ether oxygens (including phenoxy) is 1. The molecule has 0 unspecified atom stereocenters. The molecule has 0 aliphatic rings. The average molecular weight is 273 g/mol. The molecule has 0 spiro atoms. The maximum Gasteiger partial charge on any atom is 0.205 e. The zero-order chi connectivity index (χ0) is 14.5. The van der Waals surface area contributed by atoms with Crippen molar-refractivity contribution < 1.29 is 4.74 Å². The van der Waals surface area contributed by atoms with Crippen molar-refractivity contribution in [2.24, 2.45) is 10.8 Å². The Labute approximate surface area is 117 Å². The predicted molar refractivity (Wildman–Crippen MR) is 81.1 cm³/mol. The number of aliphatic imine (C=N–C) groups is 1. The summed E-state index contributed by atoms with van der Waals surface area (Å²) in [7, 11) is 2.13. The molecular weight excluding hydrogens is 242 g/mol. The second-order valence-corrected chi connectivity index (χ2v) is 4.78. The van der Waals surface area contributed by atoms with Crippen LogP contribution in [-0.2, 0) is 4.74 Å². The molecule has 0 saturated heterocycles. The lowest BCUT2D eigenvalue weighted by atomic mass is 10.3. The Morgan fingerprint density at radius 2 is 2.11 bits per heavy atom. The Bertz CT molecular complexity index is 233. The van der Waals surface area contributed by atoms with Crippen molar-refractivity contribution in [2.75, 3.05) is 39.9 Å². The molecule has 4 N–H and O–H groups in total. The van der Waals surface area contributed by atoms with Gasteiger partial charge in [0.2, 0.25) is 5.96 Å². The smallest absolute Gasteiger partial charge is 0.205 e. The van der Waals surface area contributed by atoms with Crippen molar-refractivity contribution in [1.82, 2.24) is 15.6 Å². The van der Waals surface area contributed by atoms with Crippen LogP contribution in [0.25, 0.3) is 0 Å². The fourth-order valence-electron chi connectivity index (χ4n) is 1.45. The molecule has 0 aromatic heterocycles. The van der Waals surface area contributed by atoms with E-state index in [1.54, 1.807) is 0 Å². The van der Waals surface area contributed by atoms with E-state index in [2.05, 4.69) is 41.5 Å². The van der Waals surface area contributed by atoms with Gasteiger partial charge in [0, 0.05) is 32.3 Å². The third-order valence-corrected chi connectivity index (χ3v) is 2.92. The van der Waals surface area contributed by atoms with Crippen molar-refractivity contribution in [3.05, 3.63) is 0 Å². The van der Waals surface area contributed by atoms with Crippen LogP contribution in [0.3, 0.4) is 0 Å². The van der Waals surface area contributed by atoms with Crippen LogP contribution in [0.4, 0.5) is 0 Å². The van der Waals surface area contributed by atoms with E-state index in [4.69, 9.17) is 10.6 Å². The molecule has 0 radical (unpaired) electrons. The van der Waals surface area contributed by atoms with E-state index < -0.39 is 0 Å². The Hall–Kier alpha value is -0.850. The van der Waals surface area contributed by atoms with Crippen LogP contribution < -0.4 is 16.6 Å². The standard InChI is InChI=1S/C13H31N5O/c1-5-19-11-7-9-16-13(17-14)15-8-6-10-18(4)12(2)3/h12H,5-11,14H2,1-4H3,(H2,15,16,17). The van der Waals surface area contributed by atoms with Crippen LogP contribution in [0.2, 0.25) is 0 Å². The first kappa shape index (κ1) is 18.1. The summed E-state index contributed by atoms with van der Waals surface area (Å²) in [6.45, 7) is 10.5. The lowest BCUT2D eigenvalue weighted by Gasteiger charge is -2.20. The molecule has 0 heterocycles. The van der Waals surface area contributed by atoms with Crippen LogP contribution in [0.5, 0.6) is 0 Å². The van der Waals surface area contributed by atoms with Crippen molar-refractivity contribution in [3.8, 4) is 0 Å². The minimum absolute atomic E-state index is 0.583. The quantitative estimate of drug-likeness (QED) is 0.178. The number of guanidine groups is 1. The Kier molecular flexibility index (Phi) is 11.7. The molecule has 0 fully saturated rings. The van der Waals surface area contributed by atoms with Gasteiger partial charge in [-0.25, -0.2) is 5.84 Å². The summed E-state index contributed by atoms with van der Waals surface area (Å²) in [6, 6.07) is 0.583. The minimum atomic E-state index is 0.583. The second-order valence-electron chi connectivity index (χ2n) is 4.78. The summed E-state index contributed by atoms with van der Waals surface area (Å²) in [5, 5.41) is 3.20. The number of nitrogens with one attached hydrogen (secondary N) is 2. The second kappa shape index (κ2) is 12.2. The lowest BCUT2D eigenvalue weighted by molar-refractivity contribution is 0.146. The molecule has 0 aliphatic carbocycles. The number of nitrogens with two attached hydrogens (primary N) is 1. The molecule has 0 amide bonds. The zero-order valence-electron chi connectivity index (χ0n) is 12.9. The molecule has 0 aliphatic heterocycles. The highest BCUT2D eigenvalue weighted by Gasteiger charge is 2.02. The number of nitrogens with zero attached hydrogens (tertiary/aromatic N) is 2. The van der Waals surface area contributed by atoms with E-state index >= 15 is 0 Å². The lowest BCUT2D eigenvalue weighted by Crippen LogP contribution is -2.42. The highest BCUT2D eigenvalue weighted by Crippen LogP contribution is 1.94. The molecule has 0 atom stereocenters. The van der Waals surface area contributed by atoms with Crippen LogP contribution in [0.15, 0.2) is 4.99 Å². The van der Waals surface area contributed by atoms with Gasteiger partial charge in [-0.05, 0) is 47.2 Å². The van der Waals surface area contributed by atoms with E-state index in [9.17, 15) is 0 Å². The monoisotopic (exact) mass is 273 g/mol. The fraction of sp³-hybridized carbons (Fsp3) is 0.923. The van der Waals surface area contributed by atoms with Gasteiger partial charge in [-0.2, -0.15) is 0 Å². The van der Waals surface area contributed by atoms with Gasteiger partial charge >= 0.3 is 0 Å². The Morgan fingerprint density at radius 1 is 1.37 bits per heavy atom. The van der Waals surface area contributed by atoms with Gasteiger partial charge in [-0.1, -0.05) is 0 Å². The van der Waals surface area contributed by atoms with Gasteiger partial charge in [0.25, 0.3) is 0 Å². The third-order valence-electron chi connectivity index (χ3n) is 2.92. The molecular formula is C13H31N5O. The topological polar surface area (TPSA) is 74.9 Å². The van der Waals surface area contributed by atoms with Crippen molar-refractivity contribution in [1.29, 1.82) is 0 Å². The van der Waals surface area contributed by atoms with Gasteiger partial charge in [-0.3, -0.25) is 10.4 Å². The highest BCUT2D eigenvalue weighted by atomic mass is 16.5. The van der Waals surface area contributed by atoms with Crippen LogP contribution >= 0.6 is 0 Å². The average Bonchev–Trinajstić information content (AvgIpc) is 2.40. The molecule has 0 bridgehead atoms. The molecule has 0 aromatic rings. The molecule has 0 saturated carbocycles. The van der Waals surface area contributed by atoms with Gasteiger partial charge in [0.05, 0.1) is 0 Å². The Balaban J connectivity index is 3.66. The number of hydrogen-bond donors (Lipinski definition) is 3. The van der Waals surface area contributed by atoms with E-state index in [0.717, 1.165) is 45.7 Å². The van der Waals surface area contributed by atoms with Gasteiger partial charge < -0.3 is 15.0 Å². The van der Waals surface area contributed by atoms with E-state index in [1.807, 2.05) is 6.92 Å². The normalized spacial score (nSPS) is 12.3. The first-order valence-electron chi connectivity index (χ1n) is 7.14. The van der Waals surface area contributed by atoms with Gasteiger partial charge in [-0.15, -0.1) is 0 Å². The molecule has 0 rings (SSSR count). The number of hydrogen-bond acceptors (Lipinski definition) is 4. The summed E-state index contributed by atoms with van der Waals surface area (Å²) < 4.78 is 5.25. The number of hydrazine groups is 1. The molecule has 6 heteroatoms. The van der Waals surface area contributed by atoms with Gasteiger partial charge in [0.1, 0.15) is 0 Å². The maximum atomic E-state index is 5.42. The zero-order valence-corrected chi connectivity index (χ0v) is 12.9. The fourth-order valence-corrected chi connectivity index (χ4v) is 1.45. The van der Waals surface area contributed by atoms with Gasteiger partial charge in [0.15, 0.2) is 0 Å². The molecule has 19 heavy (non-hydrogen) atoms. The largest absolute Gasteiger partial charge is 0.382 e. The summed E-state index contributed by atoms with van der Waals surface area (Å²) in [5.41, 5.74) is 2.59. The van der Waals surface area contributed by atoms with E-state index in [1.165, 1.54) is 0 Å². The van der Waals surface area contributed by atoms with Crippen LogP contribution in [0.1, 0.15) is 33.6 Å². The summed E-state index contributed by atoms with van der Waals surface area (Å²) in [5.74, 6) is 6.08. The summed E-state index contributed by atoms with van der Waals surface area (Å²) in [6.07, 6.45) is 1.98. The van der Waals surface area contributed by atoms with E-state index in [-0.39, 0.29) is 0 Å². The predicted octanol–water partition coefficient (Wildman–Crippen LogP) is 0.552. The summed E-state index contributed by atoms with van der Waals surface area (Å²) >= 11 is 0. The SMILES string of the molecule is CCOCCCN=C(NN)NCCCN(C)C(C)C. The van der Waals surface area contributed by atoms with Crippen LogP contribution in [-0.4, -0.2) is 56.8 Å². The van der Waals surface area contributed by atoms with Crippen LogP contribution in [0, 0.1) is 0 Å². The van der Waals surface area contributed by atoms with Crippen molar-refractivity contribution >= 4 is 5.96 Å². The van der Waals surface area contributed by atoms with Crippen molar-refractivity contribution in [2.45, 2.75) is 39.7 Å². The molecule has 114 valence electrons. The highest BCUT2D eigenvalue weighted by molar-refractivity contribution is 5.79. The third kappa shape index (κ3) is 10.7. The minimum Gasteiger partial charge on any atom is -0.382 e. The first-order chi connectivity index (χ1) is 9.11. The van der Waals surface area contributed by atoms with Crippen molar-refractivity contribution in [3.63, 3.8) is 0 Å². The maximum absolute atomic E-state index is 5.42. The number of rotatable bonds is 10. The molecule has 0 aromatic carbocycles. The first-order valence-corrected chi connectivity index (χ1v) is 7.14. The summed E-state index contributed by atoms with van der Waals surface area (Å²) in [4.78, 5) is 6.66. The molecule has 6 nitrogen and oxygen atoms in total. The Morgan fingerprint density at radius 3 is 2.68 bits per heavy atom.